The van der Waals surface area contributed by atoms with Crippen molar-refractivity contribution >= 4 is 17.5 Å². The van der Waals surface area contributed by atoms with E-state index in [-0.39, 0.29) is 23.6 Å². The molecule has 0 fully saturated rings. The van der Waals surface area contributed by atoms with Gasteiger partial charge in [-0.25, -0.2) is 4.98 Å². The van der Waals surface area contributed by atoms with Crippen LogP contribution in [-0.4, -0.2) is 76.2 Å². The van der Waals surface area contributed by atoms with Crippen molar-refractivity contribution < 1.29 is 19.4 Å². The molecule has 5 rings (SSSR count). The first-order valence-corrected chi connectivity index (χ1v) is 15.2. The summed E-state index contributed by atoms with van der Waals surface area (Å²) in [4.78, 5) is 43.4. The number of aliphatic hydroxyl groups excluding tert-OH is 1. The minimum Gasteiger partial charge on any atom is -0.389 e. The number of carbonyl (C=O) groups is 2. The minimum atomic E-state index is -1.07. The molecule has 0 bridgehead atoms. The number of H-pyrrole nitrogens is 1. The molecule has 0 saturated carbocycles. The lowest BCUT2D eigenvalue weighted by atomic mass is 9.87. The Labute approximate surface area is 264 Å². The molecule has 0 aliphatic heterocycles. The Kier molecular flexibility index (Phi) is 9.77. The average molecular weight is 611 g/mol. The number of benzene rings is 2. The summed E-state index contributed by atoms with van der Waals surface area (Å²) < 4.78 is 6.25. The summed E-state index contributed by atoms with van der Waals surface area (Å²) in [6.07, 6.45) is 5.63. The molecule has 1 aliphatic rings. The number of likely N-dealkylation sites (N-methyl/N-ethyl adjacent to an activating group) is 1. The molecule has 4 aromatic rings. The summed E-state index contributed by atoms with van der Waals surface area (Å²) in [5.41, 5.74) is 4.37. The molecule has 236 valence electrons. The molecule has 2 amide bonds. The Morgan fingerprint density at radius 1 is 1.04 bits per heavy atom. The highest BCUT2D eigenvalue weighted by molar-refractivity contribution is 6.09. The maximum absolute atomic E-state index is 14.6. The predicted molar refractivity (Wildman–Crippen MR) is 173 cm³/mol. The molecular weight excluding hydrogens is 568 g/mol. The van der Waals surface area contributed by atoms with Crippen molar-refractivity contribution in [2.45, 2.75) is 56.9 Å². The van der Waals surface area contributed by atoms with E-state index in [1.165, 1.54) is 17.4 Å². The SMILES string of the molecule is CN(C)C[C@H](O)CO[C@H]1Cc2ccccc2[C@@H]1NC(=O)C(c1cccnc1)N(C(=O)c1cnc[nH]1)c1ccc(C(C)(C)C)cc1. The number of aromatic nitrogens is 3. The second-order valence-electron chi connectivity index (χ2n) is 12.8. The van der Waals surface area contributed by atoms with E-state index < -0.39 is 30.2 Å². The zero-order valence-corrected chi connectivity index (χ0v) is 26.5. The number of imidazole rings is 1. The third-order valence-corrected chi connectivity index (χ3v) is 8.03. The van der Waals surface area contributed by atoms with Crippen molar-refractivity contribution in [1.29, 1.82) is 0 Å². The second-order valence-corrected chi connectivity index (χ2v) is 12.8. The molecule has 10 nitrogen and oxygen atoms in total. The number of fused-ring (bicyclic) bond motifs is 1. The maximum atomic E-state index is 14.6. The Morgan fingerprint density at radius 2 is 1.80 bits per heavy atom. The average Bonchev–Trinajstić information content (AvgIpc) is 3.67. The van der Waals surface area contributed by atoms with Gasteiger partial charge < -0.3 is 25.0 Å². The topological polar surface area (TPSA) is 124 Å². The standard InChI is InChI=1S/C35H42N6O4/c1-35(2,3)25-12-14-26(15-13-25)41(34(44)29-19-37-22-38-29)32(24-10-8-16-36-18-24)33(43)39-31-28-11-7-6-9-23(28)17-30(31)45-21-27(42)20-40(4)5/h6-16,18-19,22,27,30-32,42H,17,20-21H2,1-5H3,(H,37,38)(H,39,43)/t27-,30-,31-,32?/m0/s1. The summed E-state index contributed by atoms with van der Waals surface area (Å²) in [6.45, 7) is 6.95. The van der Waals surface area contributed by atoms with Crippen LogP contribution in [0.1, 0.15) is 65.6 Å². The van der Waals surface area contributed by atoms with Crippen LogP contribution in [0, 0.1) is 0 Å². The molecule has 3 N–H and O–H groups in total. The van der Waals surface area contributed by atoms with Gasteiger partial charge in [0.05, 0.1) is 37.4 Å². The zero-order chi connectivity index (χ0) is 32.1. The summed E-state index contributed by atoms with van der Waals surface area (Å²) in [5, 5.41) is 13.7. The fraction of sp³-hybridized carbons (Fsp3) is 0.371. The number of ether oxygens (including phenoxy) is 1. The van der Waals surface area contributed by atoms with E-state index in [1.807, 2.05) is 67.5 Å². The number of hydrogen-bond acceptors (Lipinski definition) is 7. The van der Waals surface area contributed by atoms with E-state index in [2.05, 4.69) is 41.0 Å². The van der Waals surface area contributed by atoms with Crippen LogP contribution >= 0.6 is 0 Å². The van der Waals surface area contributed by atoms with Crippen LogP contribution in [0.3, 0.4) is 0 Å². The van der Waals surface area contributed by atoms with Gasteiger partial charge >= 0.3 is 0 Å². The molecule has 0 spiro atoms. The van der Waals surface area contributed by atoms with Crippen molar-refractivity contribution in [1.82, 2.24) is 25.2 Å². The van der Waals surface area contributed by atoms with Gasteiger partial charge in [0.2, 0.25) is 5.91 Å². The Morgan fingerprint density at radius 3 is 2.44 bits per heavy atom. The van der Waals surface area contributed by atoms with Gasteiger partial charge in [0.25, 0.3) is 5.91 Å². The van der Waals surface area contributed by atoms with Crippen LogP contribution in [0.4, 0.5) is 5.69 Å². The van der Waals surface area contributed by atoms with Crippen LogP contribution in [0.5, 0.6) is 0 Å². The fourth-order valence-electron chi connectivity index (χ4n) is 5.79. The molecule has 45 heavy (non-hydrogen) atoms. The highest BCUT2D eigenvalue weighted by atomic mass is 16.5. The number of aliphatic hydroxyl groups is 1. The molecule has 2 aromatic carbocycles. The van der Waals surface area contributed by atoms with Crippen molar-refractivity contribution in [3.05, 3.63) is 114 Å². The van der Waals surface area contributed by atoms with Crippen LogP contribution in [0.25, 0.3) is 0 Å². The van der Waals surface area contributed by atoms with Crippen LogP contribution in [0.2, 0.25) is 0 Å². The Balaban J connectivity index is 1.53. The number of anilines is 1. The number of carbonyl (C=O) groups excluding carboxylic acids is 2. The van der Waals surface area contributed by atoms with Crippen molar-refractivity contribution in [3.63, 3.8) is 0 Å². The number of amides is 2. The fourth-order valence-corrected chi connectivity index (χ4v) is 5.79. The van der Waals surface area contributed by atoms with Crippen LogP contribution in [-0.2, 0) is 21.4 Å². The molecule has 0 saturated heterocycles. The molecule has 2 aromatic heterocycles. The molecule has 0 radical (unpaired) electrons. The third-order valence-electron chi connectivity index (χ3n) is 8.03. The zero-order valence-electron chi connectivity index (χ0n) is 26.5. The van der Waals surface area contributed by atoms with Gasteiger partial charge in [-0.05, 0) is 54.4 Å². The van der Waals surface area contributed by atoms with Crippen molar-refractivity contribution in [3.8, 4) is 0 Å². The lowest BCUT2D eigenvalue weighted by molar-refractivity contribution is -0.124. The van der Waals surface area contributed by atoms with Gasteiger partial charge in [-0.2, -0.15) is 0 Å². The van der Waals surface area contributed by atoms with E-state index in [0.29, 0.717) is 24.2 Å². The van der Waals surface area contributed by atoms with Crippen LogP contribution < -0.4 is 10.2 Å². The summed E-state index contributed by atoms with van der Waals surface area (Å²) in [7, 11) is 3.78. The largest absolute Gasteiger partial charge is 0.389 e. The first-order chi connectivity index (χ1) is 21.5. The first-order valence-electron chi connectivity index (χ1n) is 15.2. The van der Waals surface area contributed by atoms with E-state index in [0.717, 1.165) is 16.7 Å². The number of rotatable bonds is 11. The lowest BCUT2D eigenvalue weighted by Gasteiger charge is -2.33. The van der Waals surface area contributed by atoms with Gasteiger partial charge in [0, 0.05) is 36.6 Å². The van der Waals surface area contributed by atoms with Crippen LogP contribution in [0.15, 0.2) is 85.6 Å². The second kappa shape index (κ2) is 13.7. The van der Waals surface area contributed by atoms with Gasteiger partial charge in [-0.3, -0.25) is 19.5 Å². The number of aromatic amines is 1. The number of nitrogens with one attached hydrogen (secondary N) is 2. The van der Waals surface area contributed by atoms with E-state index >= 15 is 0 Å². The minimum absolute atomic E-state index is 0.0954. The summed E-state index contributed by atoms with van der Waals surface area (Å²) in [5.74, 6) is -0.800. The molecule has 4 atom stereocenters. The summed E-state index contributed by atoms with van der Waals surface area (Å²) in [6, 6.07) is 17.6. The van der Waals surface area contributed by atoms with Gasteiger partial charge in [0.15, 0.2) is 0 Å². The highest BCUT2D eigenvalue weighted by Crippen LogP contribution is 2.36. The maximum Gasteiger partial charge on any atom is 0.277 e. The lowest BCUT2D eigenvalue weighted by Crippen LogP contribution is -2.47. The van der Waals surface area contributed by atoms with Crippen molar-refractivity contribution in [2.75, 3.05) is 32.1 Å². The molecule has 1 aliphatic carbocycles. The quantitative estimate of drug-likeness (QED) is 0.233. The van der Waals surface area contributed by atoms with Crippen molar-refractivity contribution in [2.24, 2.45) is 0 Å². The first kappa shape index (κ1) is 32.0. The smallest absolute Gasteiger partial charge is 0.277 e. The number of nitrogens with zero attached hydrogens (tertiary/aromatic N) is 4. The number of pyridine rings is 1. The van der Waals surface area contributed by atoms with Gasteiger partial charge in [-0.1, -0.05) is 63.2 Å². The third kappa shape index (κ3) is 7.47. The van der Waals surface area contributed by atoms with Gasteiger partial charge in [-0.15, -0.1) is 0 Å². The Hall–Kier alpha value is -4.38. The molecular formula is C35H42N6O4. The normalized spacial score (nSPS) is 17.5. The highest BCUT2D eigenvalue weighted by Gasteiger charge is 2.40. The van der Waals surface area contributed by atoms with E-state index in [9.17, 15) is 14.7 Å². The Bertz CT molecular complexity index is 1570. The van der Waals surface area contributed by atoms with E-state index in [4.69, 9.17) is 4.74 Å². The molecule has 10 heteroatoms. The monoisotopic (exact) mass is 610 g/mol. The molecule has 2 heterocycles. The predicted octanol–water partition coefficient (Wildman–Crippen LogP) is 4.21. The number of hydrogen-bond donors (Lipinski definition) is 3. The molecule has 1 unspecified atom stereocenters. The van der Waals surface area contributed by atoms with Gasteiger partial charge in [0.1, 0.15) is 11.7 Å². The van der Waals surface area contributed by atoms with E-state index in [1.54, 1.807) is 24.5 Å². The summed E-state index contributed by atoms with van der Waals surface area (Å²) >= 11 is 0.